The molecule has 0 spiro atoms. The van der Waals surface area contributed by atoms with E-state index in [4.69, 9.17) is 0 Å². The zero-order chi connectivity index (χ0) is 19.5. The second kappa shape index (κ2) is 11.2. The Balaban J connectivity index is 2.62. The highest BCUT2D eigenvalue weighted by molar-refractivity contribution is 6.07. The second-order valence-corrected chi connectivity index (χ2v) is 7.23. The van der Waals surface area contributed by atoms with Crippen molar-refractivity contribution in [3.05, 3.63) is 48.0 Å². The first kappa shape index (κ1) is 21.6. The van der Waals surface area contributed by atoms with Crippen LogP contribution in [0.3, 0.4) is 0 Å². The third-order valence-electron chi connectivity index (χ3n) is 3.81. The molecule has 2 amide bonds. The highest BCUT2D eigenvalue weighted by atomic mass is 16.2. The Morgan fingerprint density at radius 1 is 0.962 bits per heavy atom. The molecule has 142 valence electrons. The number of carbonyl (C=O) groups is 3. The number of allylic oxidation sites excluding steroid dienone is 1. The van der Waals surface area contributed by atoms with E-state index < -0.39 is 11.9 Å². The number of amides is 2. The fourth-order valence-electron chi connectivity index (χ4n) is 2.38. The van der Waals surface area contributed by atoms with Crippen molar-refractivity contribution < 1.29 is 14.4 Å². The minimum absolute atomic E-state index is 0.185. The van der Waals surface area contributed by atoms with Gasteiger partial charge in [-0.15, -0.1) is 0 Å². The van der Waals surface area contributed by atoms with Crippen LogP contribution in [-0.4, -0.2) is 30.2 Å². The molecule has 0 saturated heterocycles. The number of hydrogen-bond acceptors (Lipinski definition) is 3. The molecule has 0 radical (unpaired) electrons. The van der Waals surface area contributed by atoms with Gasteiger partial charge >= 0.3 is 0 Å². The average molecular weight is 358 g/mol. The van der Waals surface area contributed by atoms with E-state index in [1.165, 1.54) is 12.2 Å². The molecule has 26 heavy (non-hydrogen) atoms. The van der Waals surface area contributed by atoms with Gasteiger partial charge < -0.3 is 10.6 Å². The van der Waals surface area contributed by atoms with Gasteiger partial charge in [-0.05, 0) is 30.8 Å². The predicted molar refractivity (Wildman–Crippen MR) is 104 cm³/mol. The average Bonchev–Trinajstić information content (AvgIpc) is 2.59. The minimum Gasteiger partial charge on any atom is -0.354 e. The SMILES string of the molecule is CC(C)CCNC(=O)[C@H](CC(C)C)NC(=O)/C=C/C(=O)c1ccccc1. The molecule has 0 aliphatic carbocycles. The molecule has 0 heterocycles. The lowest BCUT2D eigenvalue weighted by molar-refractivity contribution is -0.127. The van der Waals surface area contributed by atoms with Crippen LogP contribution in [0.15, 0.2) is 42.5 Å². The molecule has 5 nitrogen and oxygen atoms in total. The number of carbonyl (C=O) groups excluding carboxylic acids is 3. The van der Waals surface area contributed by atoms with Crippen molar-refractivity contribution in [3.63, 3.8) is 0 Å². The number of hydrogen-bond donors (Lipinski definition) is 2. The van der Waals surface area contributed by atoms with Gasteiger partial charge in [0.1, 0.15) is 6.04 Å². The Bertz CT molecular complexity index is 621. The van der Waals surface area contributed by atoms with Crippen molar-refractivity contribution >= 4 is 17.6 Å². The summed E-state index contributed by atoms with van der Waals surface area (Å²) in [7, 11) is 0. The first-order valence-electron chi connectivity index (χ1n) is 9.15. The normalized spacial score (nSPS) is 12.4. The summed E-state index contributed by atoms with van der Waals surface area (Å²) in [5.74, 6) is -0.122. The number of ketones is 1. The lowest BCUT2D eigenvalue weighted by Crippen LogP contribution is -2.47. The van der Waals surface area contributed by atoms with E-state index in [2.05, 4.69) is 24.5 Å². The standard InChI is InChI=1S/C21H30N2O3/c1-15(2)12-13-22-21(26)18(14-16(3)4)23-20(25)11-10-19(24)17-8-6-5-7-9-17/h5-11,15-16,18H,12-14H2,1-4H3,(H,22,26)(H,23,25)/b11-10+/t18-/m0/s1. The molecule has 0 saturated carbocycles. The summed E-state index contributed by atoms with van der Waals surface area (Å²) < 4.78 is 0. The van der Waals surface area contributed by atoms with Crippen LogP contribution in [0, 0.1) is 11.8 Å². The zero-order valence-corrected chi connectivity index (χ0v) is 16.1. The van der Waals surface area contributed by atoms with Crippen LogP contribution in [0.5, 0.6) is 0 Å². The maximum atomic E-state index is 12.3. The number of benzene rings is 1. The molecular weight excluding hydrogens is 328 g/mol. The van der Waals surface area contributed by atoms with Gasteiger partial charge in [-0.3, -0.25) is 14.4 Å². The van der Waals surface area contributed by atoms with Crippen molar-refractivity contribution in [2.24, 2.45) is 11.8 Å². The number of nitrogens with one attached hydrogen (secondary N) is 2. The van der Waals surface area contributed by atoms with Gasteiger partial charge in [-0.1, -0.05) is 58.0 Å². The van der Waals surface area contributed by atoms with E-state index in [-0.39, 0.29) is 17.6 Å². The van der Waals surface area contributed by atoms with E-state index in [1.807, 2.05) is 19.9 Å². The van der Waals surface area contributed by atoms with E-state index in [9.17, 15) is 14.4 Å². The van der Waals surface area contributed by atoms with E-state index in [1.54, 1.807) is 24.3 Å². The second-order valence-electron chi connectivity index (χ2n) is 7.23. The molecule has 0 bridgehead atoms. The zero-order valence-electron chi connectivity index (χ0n) is 16.1. The third-order valence-corrected chi connectivity index (χ3v) is 3.81. The van der Waals surface area contributed by atoms with Gasteiger partial charge in [-0.25, -0.2) is 0 Å². The van der Waals surface area contributed by atoms with Gasteiger partial charge in [0.15, 0.2) is 5.78 Å². The molecular formula is C21H30N2O3. The topological polar surface area (TPSA) is 75.3 Å². The lowest BCUT2D eigenvalue weighted by Gasteiger charge is -2.19. The number of rotatable bonds is 10. The Labute approximate surface area is 156 Å². The van der Waals surface area contributed by atoms with Gasteiger partial charge in [0.2, 0.25) is 11.8 Å². The van der Waals surface area contributed by atoms with Crippen LogP contribution in [0.2, 0.25) is 0 Å². The summed E-state index contributed by atoms with van der Waals surface area (Å²) in [6.07, 6.45) is 3.84. The van der Waals surface area contributed by atoms with Crippen LogP contribution in [0.1, 0.15) is 50.9 Å². The highest BCUT2D eigenvalue weighted by Crippen LogP contribution is 2.06. The van der Waals surface area contributed by atoms with E-state index >= 15 is 0 Å². The summed E-state index contributed by atoms with van der Waals surface area (Å²) >= 11 is 0. The quantitative estimate of drug-likeness (QED) is 0.498. The third kappa shape index (κ3) is 8.60. The monoisotopic (exact) mass is 358 g/mol. The molecule has 0 unspecified atom stereocenters. The van der Waals surface area contributed by atoms with Gasteiger partial charge in [-0.2, -0.15) is 0 Å². The summed E-state index contributed by atoms with van der Waals surface area (Å²) in [6, 6.07) is 8.12. The van der Waals surface area contributed by atoms with Crippen LogP contribution in [0.4, 0.5) is 0 Å². The summed E-state index contributed by atoms with van der Waals surface area (Å²) in [6.45, 7) is 8.76. The summed E-state index contributed by atoms with van der Waals surface area (Å²) in [5, 5.41) is 5.57. The Morgan fingerprint density at radius 3 is 2.19 bits per heavy atom. The Hall–Kier alpha value is -2.43. The molecule has 1 aromatic rings. The van der Waals surface area contributed by atoms with Crippen molar-refractivity contribution in [1.29, 1.82) is 0 Å². The lowest BCUT2D eigenvalue weighted by atomic mass is 10.0. The van der Waals surface area contributed by atoms with Gasteiger partial charge in [0.25, 0.3) is 0 Å². The summed E-state index contributed by atoms with van der Waals surface area (Å²) in [4.78, 5) is 36.5. The van der Waals surface area contributed by atoms with E-state index in [0.717, 1.165) is 6.42 Å². The Morgan fingerprint density at radius 2 is 1.62 bits per heavy atom. The van der Waals surface area contributed by atoms with E-state index in [0.29, 0.717) is 24.4 Å². The fourth-order valence-corrected chi connectivity index (χ4v) is 2.38. The van der Waals surface area contributed by atoms with Gasteiger partial charge in [0.05, 0.1) is 0 Å². The maximum absolute atomic E-state index is 12.3. The van der Waals surface area contributed by atoms with Crippen molar-refractivity contribution in [2.75, 3.05) is 6.54 Å². The predicted octanol–water partition coefficient (Wildman–Crippen LogP) is 3.12. The van der Waals surface area contributed by atoms with Crippen molar-refractivity contribution in [1.82, 2.24) is 10.6 Å². The van der Waals surface area contributed by atoms with Crippen LogP contribution >= 0.6 is 0 Å². The fraction of sp³-hybridized carbons (Fsp3) is 0.476. The van der Waals surface area contributed by atoms with Crippen LogP contribution in [0.25, 0.3) is 0 Å². The first-order chi connectivity index (χ1) is 12.3. The molecule has 0 aliphatic heterocycles. The molecule has 1 rings (SSSR count). The van der Waals surface area contributed by atoms with Gasteiger partial charge in [0, 0.05) is 18.2 Å². The molecule has 1 aromatic carbocycles. The summed E-state index contributed by atoms with van der Waals surface area (Å²) in [5.41, 5.74) is 0.515. The molecule has 2 N–H and O–H groups in total. The smallest absolute Gasteiger partial charge is 0.244 e. The first-order valence-corrected chi connectivity index (χ1v) is 9.15. The largest absolute Gasteiger partial charge is 0.354 e. The minimum atomic E-state index is -0.605. The molecule has 5 heteroatoms. The van der Waals surface area contributed by atoms with Crippen LogP contribution < -0.4 is 10.6 Å². The molecule has 0 fully saturated rings. The maximum Gasteiger partial charge on any atom is 0.244 e. The van der Waals surface area contributed by atoms with Crippen LogP contribution in [-0.2, 0) is 9.59 Å². The molecule has 1 atom stereocenters. The molecule has 0 aromatic heterocycles. The highest BCUT2D eigenvalue weighted by Gasteiger charge is 2.20. The Kier molecular flexibility index (Phi) is 9.34. The molecule has 0 aliphatic rings. The van der Waals surface area contributed by atoms with Crippen molar-refractivity contribution in [2.45, 2.75) is 46.6 Å². The van der Waals surface area contributed by atoms with Crippen molar-refractivity contribution in [3.8, 4) is 0 Å².